The minimum Gasteiger partial charge on any atom is -0.398 e. The molecule has 1 heterocycles. The maximum Gasteiger partial charge on any atom is 0.204 e. The van der Waals surface area contributed by atoms with E-state index in [-0.39, 0.29) is 6.41 Å². The monoisotopic (exact) mass is 611 g/mol. The lowest BCUT2D eigenvalue weighted by Gasteiger charge is -2.30. The van der Waals surface area contributed by atoms with Crippen molar-refractivity contribution >= 4 is 36.9 Å². The highest BCUT2D eigenvalue weighted by atomic mass is 32.2. The van der Waals surface area contributed by atoms with Crippen LogP contribution in [0.5, 0.6) is 0 Å². The van der Waals surface area contributed by atoms with Crippen LogP contribution in [0.15, 0.2) is 46.7 Å². The van der Waals surface area contributed by atoms with E-state index in [0.29, 0.717) is 24.7 Å². The molecule has 2 rings (SSSR count). The fourth-order valence-electron chi connectivity index (χ4n) is 3.64. The number of carbonyl (C=O) groups excluding carboxylic acids is 3. The maximum absolute atomic E-state index is 9.42. The number of nitrogens with one attached hydrogen (secondary N) is 1. The summed E-state index contributed by atoms with van der Waals surface area (Å²) in [6, 6.07) is 6.37. The van der Waals surface area contributed by atoms with Crippen LogP contribution in [0, 0.1) is 11.8 Å². The molecule has 9 N–H and O–H groups in total. The van der Waals surface area contributed by atoms with Crippen molar-refractivity contribution in [1.82, 2.24) is 5.32 Å². The fraction of sp³-hybridized carbons (Fsp3) is 0.594. The lowest BCUT2D eigenvalue weighted by atomic mass is 9.83. The quantitative estimate of drug-likeness (QED) is 0.0938. The standard InChI is InChI=1S/C21H34N2OS.C4H7NO.C4H10.CH3NO.CH5N.CH2O/c1-15(2)18-7-8-20(22)21(13-18)25-16(3)5-6-19(14-23-4)17-9-11-24-12-10-17;5-3-1-2-4-6;1-3-4-2;2-1-3;2*1-2/h7-8,13,15,17,19,23H,3,5-6,9-12,14,22H2,1-2,4H3;1-2,4H,3,5H2;3-4H2,1-2H3;1H,(H2,2,3);2H2,1H3;1H2/b;2-1+;;;;. The van der Waals surface area contributed by atoms with Crippen molar-refractivity contribution in [3.63, 3.8) is 0 Å². The molecule has 1 fully saturated rings. The molecule has 42 heavy (non-hydrogen) atoms. The van der Waals surface area contributed by atoms with Crippen LogP contribution in [0.3, 0.4) is 0 Å². The Kier molecular flexibility index (Phi) is 40.4. The van der Waals surface area contributed by atoms with Crippen molar-refractivity contribution in [2.75, 3.05) is 46.1 Å². The summed E-state index contributed by atoms with van der Waals surface area (Å²) in [4.78, 5) is 28.4. The Hall–Kier alpha value is -2.50. The van der Waals surface area contributed by atoms with E-state index >= 15 is 0 Å². The molecule has 1 unspecified atom stereocenters. The number of ether oxygens (including phenoxy) is 1. The molecule has 0 saturated carbocycles. The number of unbranched alkanes of at least 4 members (excludes halogenated alkanes) is 1. The van der Waals surface area contributed by atoms with E-state index in [1.54, 1.807) is 17.8 Å². The van der Waals surface area contributed by atoms with Gasteiger partial charge in [-0.05, 0) is 92.8 Å². The third-order valence-corrected chi connectivity index (χ3v) is 7.07. The zero-order valence-electron chi connectivity index (χ0n) is 27.1. The number of carbonyl (C=O) groups is 3. The first-order chi connectivity index (χ1) is 20.2. The zero-order valence-corrected chi connectivity index (χ0v) is 27.9. The predicted molar refractivity (Wildman–Crippen MR) is 182 cm³/mol. The van der Waals surface area contributed by atoms with E-state index in [9.17, 15) is 4.79 Å². The first-order valence-corrected chi connectivity index (χ1v) is 15.4. The van der Waals surface area contributed by atoms with Crippen LogP contribution in [-0.2, 0) is 19.1 Å². The molecule has 0 aliphatic carbocycles. The van der Waals surface area contributed by atoms with Gasteiger partial charge in [-0.25, -0.2) is 0 Å². The second-order valence-electron chi connectivity index (χ2n) is 9.33. The summed E-state index contributed by atoms with van der Waals surface area (Å²) < 4.78 is 5.52. The van der Waals surface area contributed by atoms with Crippen LogP contribution < -0.4 is 28.3 Å². The van der Waals surface area contributed by atoms with Crippen LogP contribution in [0.25, 0.3) is 0 Å². The highest BCUT2D eigenvalue weighted by Gasteiger charge is 2.23. The number of allylic oxidation sites excluding steroid dienone is 2. The molecule has 9 nitrogen and oxygen atoms in total. The summed E-state index contributed by atoms with van der Waals surface area (Å²) >= 11 is 1.74. The Morgan fingerprint density at radius 3 is 2.10 bits per heavy atom. The molecular formula is C32H61N5O4S. The van der Waals surface area contributed by atoms with Crippen LogP contribution in [-0.4, -0.2) is 59.9 Å². The van der Waals surface area contributed by atoms with Gasteiger partial charge >= 0.3 is 0 Å². The molecule has 1 aromatic rings. The SMILES string of the molecule is C=C(CCC(CNC)C1CCOCC1)Sc1cc(C(C)C)ccc1N.C=O.CCCC.CN.NC/C=C/C=O.NC=O. The third-order valence-electron chi connectivity index (χ3n) is 6.00. The number of aldehydes is 1. The molecule has 1 saturated heterocycles. The molecule has 1 amide bonds. The minimum atomic E-state index is 0.250. The van der Waals surface area contributed by atoms with Gasteiger partial charge in [-0.3, -0.25) is 9.59 Å². The molecule has 1 aliphatic heterocycles. The number of nitrogens with two attached hydrogens (primary N) is 4. The highest BCUT2D eigenvalue weighted by molar-refractivity contribution is 8.03. The molecular weight excluding hydrogens is 550 g/mol. The molecule has 244 valence electrons. The van der Waals surface area contributed by atoms with Gasteiger partial charge in [-0.2, -0.15) is 0 Å². The summed E-state index contributed by atoms with van der Waals surface area (Å²) in [7, 11) is 3.55. The highest BCUT2D eigenvalue weighted by Crippen LogP contribution is 2.36. The van der Waals surface area contributed by atoms with Crippen molar-refractivity contribution in [3.05, 3.63) is 47.4 Å². The van der Waals surface area contributed by atoms with E-state index in [1.165, 1.54) is 55.7 Å². The normalized spacial score (nSPS) is 12.7. The molecule has 10 heteroatoms. The Balaban J connectivity index is -0.000000351. The van der Waals surface area contributed by atoms with Gasteiger partial charge in [0.2, 0.25) is 6.41 Å². The Bertz CT molecular complexity index is 786. The fourth-order valence-corrected chi connectivity index (χ4v) is 4.55. The van der Waals surface area contributed by atoms with Crippen molar-refractivity contribution in [2.45, 2.75) is 77.0 Å². The minimum absolute atomic E-state index is 0.250. The Labute approximate surface area is 260 Å². The van der Waals surface area contributed by atoms with Gasteiger partial charge < -0.3 is 37.8 Å². The van der Waals surface area contributed by atoms with Crippen LogP contribution in [0.1, 0.15) is 77.7 Å². The number of anilines is 1. The molecule has 0 spiro atoms. The largest absolute Gasteiger partial charge is 0.398 e. The van der Waals surface area contributed by atoms with Gasteiger partial charge in [0.15, 0.2) is 0 Å². The molecule has 1 aromatic carbocycles. The molecule has 1 atom stereocenters. The maximum atomic E-state index is 9.42. The first kappa shape index (κ1) is 46.5. The van der Waals surface area contributed by atoms with Gasteiger partial charge in [0.05, 0.1) is 0 Å². The smallest absolute Gasteiger partial charge is 0.204 e. The third kappa shape index (κ3) is 27.7. The number of rotatable bonds is 12. The number of benzene rings is 1. The number of hydrogen-bond acceptors (Lipinski definition) is 9. The Morgan fingerprint density at radius 2 is 1.69 bits per heavy atom. The number of nitrogen functional groups attached to an aromatic ring is 1. The van der Waals surface area contributed by atoms with Gasteiger partial charge in [0, 0.05) is 30.3 Å². The molecule has 0 aromatic heterocycles. The zero-order chi connectivity index (χ0) is 33.2. The summed E-state index contributed by atoms with van der Waals surface area (Å²) in [6.45, 7) is 18.4. The van der Waals surface area contributed by atoms with Crippen molar-refractivity contribution in [2.24, 2.45) is 29.0 Å². The predicted octanol–water partition coefficient (Wildman–Crippen LogP) is 5.04. The second-order valence-corrected chi connectivity index (χ2v) is 10.6. The molecule has 0 radical (unpaired) electrons. The molecule has 0 bridgehead atoms. The van der Waals surface area contributed by atoms with Gasteiger partial charge in [-0.1, -0.05) is 71.0 Å². The van der Waals surface area contributed by atoms with Crippen LogP contribution in [0.2, 0.25) is 0 Å². The number of hydrogen-bond donors (Lipinski definition) is 5. The van der Waals surface area contributed by atoms with E-state index in [4.69, 9.17) is 25.8 Å². The second kappa shape index (κ2) is 36.5. The average molecular weight is 612 g/mol. The van der Waals surface area contributed by atoms with E-state index < -0.39 is 0 Å². The van der Waals surface area contributed by atoms with Crippen molar-refractivity contribution < 1.29 is 19.1 Å². The Morgan fingerprint density at radius 1 is 1.14 bits per heavy atom. The lowest BCUT2D eigenvalue weighted by Crippen LogP contribution is -2.30. The summed E-state index contributed by atoms with van der Waals surface area (Å²) in [5.74, 6) is 1.99. The summed E-state index contributed by atoms with van der Waals surface area (Å²) in [5, 5.41) is 3.37. The number of thioether (sulfide) groups is 1. The van der Waals surface area contributed by atoms with Crippen molar-refractivity contribution in [3.8, 4) is 0 Å². The van der Waals surface area contributed by atoms with Crippen LogP contribution in [0.4, 0.5) is 5.69 Å². The van der Waals surface area contributed by atoms with Crippen molar-refractivity contribution in [1.29, 1.82) is 0 Å². The van der Waals surface area contributed by atoms with Gasteiger partial charge in [0.25, 0.3) is 0 Å². The van der Waals surface area contributed by atoms with Crippen LogP contribution >= 0.6 is 11.8 Å². The molecule has 1 aliphatic rings. The van der Waals surface area contributed by atoms with E-state index in [0.717, 1.165) is 42.7 Å². The topological polar surface area (TPSA) is 177 Å². The van der Waals surface area contributed by atoms with Gasteiger partial charge in [-0.15, -0.1) is 0 Å². The summed E-state index contributed by atoms with van der Waals surface area (Å²) in [6.07, 6.45) is 11.2. The lowest BCUT2D eigenvalue weighted by molar-refractivity contribution is -0.107. The first-order valence-electron chi connectivity index (χ1n) is 14.6. The number of amides is 1. The average Bonchev–Trinajstić information content (AvgIpc) is 3.02. The summed E-state index contributed by atoms with van der Waals surface area (Å²) in [5.41, 5.74) is 22.0. The van der Waals surface area contributed by atoms with E-state index in [2.05, 4.69) is 63.2 Å². The van der Waals surface area contributed by atoms with Gasteiger partial charge in [0.1, 0.15) is 13.1 Å². The van der Waals surface area contributed by atoms with E-state index in [1.807, 2.05) is 19.9 Å². The number of primary amides is 1.